The molecule has 7 heteroatoms. The first-order valence-electron chi connectivity index (χ1n) is 17.0. The van der Waals surface area contributed by atoms with Crippen LogP contribution in [0.3, 0.4) is 0 Å². The summed E-state index contributed by atoms with van der Waals surface area (Å²) in [5.41, 5.74) is 7.46. The second kappa shape index (κ2) is 12.8. The van der Waals surface area contributed by atoms with E-state index in [1.165, 1.54) is 59.2 Å². The average Bonchev–Trinajstić information content (AvgIpc) is 3.79. The van der Waals surface area contributed by atoms with Gasteiger partial charge in [-0.15, -0.1) is 0 Å². The summed E-state index contributed by atoms with van der Waals surface area (Å²) < 4.78 is 0. The molecule has 7 nitrogen and oxygen atoms in total. The van der Waals surface area contributed by atoms with Gasteiger partial charge in [0.25, 0.3) is 0 Å². The van der Waals surface area contributed by atoms with Gasteiger partial charge in [-0.3, -0.25) is 14.5 Å². The molecule has 4 aliphatic heterocycles. The Kier molecular flexibility index (Phi) is 9.02. The minimum atomic E-state index is -0.358. The van der Waals surface area contributed by atoms with Gasteiger partial charge in [-0.05, 0) is 100 Å². The number of carbonyl (C=O) groups is 2. The molecule has 0 unspecified atom stereocenters. The van der Waals surface area contributed by atoms with Crippen LogP contribution in [-0.4, -0.2) is 101 Å². The van der Waals surface area contributed by atoms with Crippen LogP contribution < -0.4 is 0 Å². The lowest BCUT2D eigenvalue weighted by Crippen LogP contribution is -2.50. The summed E-state index contributed by atoms with van der Waals surface area (Å²) in [6, 6.07) is 7.78. The minimum absolute atomic E-state index is 0.305. The van der Waals surface area contributed by atoms with Gasteiger partial charge in [0, 0.05) is 75.2 Å². The van der Waals surface area contributed by atoms with E-state index in [1.54, 1.807) is 0 Å². The Balaban J connectivity index is 1.11. The highest BCUT2D eigenvalue weighted by atomic mass is 16.2. The highest BCUT2D eigenvalue weighted by Crippen LogP contribution is 2.41. The lowest BCUT2D eigenvalue weighted by Gasteiger charge is -2.35. The predicted octanol–water partition coefficient (Wildman–Crippen LogP) is 5.19. The summed E-state index contributed by atoms with van der Waals surface area (Å²) >= 11 is 0. The number of likely N-dealkylation sites (tertiary alicyclic amines) is 1. The monoisotopic (exact) mass is 587 g/mol. The summed E-state index contributed by atoms with van der Waals surface area (Å²) in [5.74, 6) is 0.671. The van der Waals surface area contributed by atoms with Crippen LogP contribution in [-0.2, 0) is 22.4 Å². The summed E-state index contributed by atoms with van der Waals surface area (Å²) in [5, 5.41) is 0. The third-order valence-electron chi connectivity index (χ3n) is 10.8. The smallest absolute Gasteiger partial charge is 0.236 e. The average molecular weight is 588 g/mol. The number of carbonyl (C=O) groups excluding carboxylic acids is 2. The van der Waals surface area contributed by atoms with Crippen LogP contribution in [0.5, 0.6) is 0 Å². The molecule has 2 bridgehead atoms. The number of fused-ring (bicyclic) bond motifs is 2. The summed E-state index contributed by atoms with van der Waals surface area (Å²) in [6.07, 6.45) is 12.0. The molecule has 1 aromatic carbocycles. The van der Waals surface area contributed by atoms with Gasteiger partial charge in [-0.2, -0.15) is 0 Å². The molecule has 2 aromatic rings. The van der Waals surface area contributed by atoms with Gasteiger partial charge < -0.3 is 19.7 Å². The Morgan fingerprint density at radius 3 is 2.07 bits per heavy atom. The third kappa shape index (κ3) is 6.73. The lowest BCUT2D eigenvalue weighted by atomic mass is 9.84. The molecular formula is C36H53N5O2. The van der Waals surface area contributed by atoms with Crippen molar-refractivity contribution in [3.63, 3.8) is 0 Å². The van der Waals surface area contributed by atoms with E-state index < -0.39 is 0 Å². The van der Waals surface area contributed by atoms with E-state index in [4.69, 9.17) is 0 Å². The first kappa shape index (κ1) is 30.4. The van der Waals surface area contributed by atoms with Gasteiger partial charge in [-0.25, -0.2) is 0 Å². The third-order valence-corrected chi connectivity index (χ3v) is 10.8. The number of aromatic nitrogens is 1. The Morgan fingerprint density at radius 1 is 0.837 bits per heavy atom. The van der Waals surface area contributed by atoms with Gasteiger partial charge in [-0.1, -0.05) is 31.0 Å². The van der Waals surface area contributed by atoms with Gasteiger partial charge in [0.1, 0.15) is 0 Å². The van der Waals surface area contributed by atoms with Crippen molar-refractivity contribution in [1.29, 1.82) is 0 Å². The number of amides is 2. The van der Waals surface area contributed by atoms with E-state index in [1.807, 2.05) is 4.90 Å². The number of nitrogens with zero attached hydrogens (tertiary/aromatic N) is 4. The maximum atomic E-state index is 13.7. The van der Waals surface area contributed by atoms with Crippen LogP contribution in [0, 0.1) is 19.3 Å². The molecule has 5 heterocycles. The van der Waals surface area contributed by atoms with Crippen molar-refractivity contribution < 1.29 is 9.59 Å². The predicted molar refractivity (Wildman–Crippen MR) is 173 cm³/mol. The second-order valence-electron chi connectivity index (χ2n) is 14.6. The molecule has 4 saturated heterocycles. The fraction of sp³-hybridized carbons (Fsp3) is 0.667. The molecule has 0 aliphatic carbocycles. The molecule has 0 atom stereocenters. The Hall–Kier alpha value is -2.64. The Bertz CT molecular complexity index is 1260. The van der Waals surface area contributed by atoms with Crippen molar-refractivity contribution in [2.75, 3.05) is 52.4 Å². The number of rotatable bonds is 10. The van der Waals surface area contributed by atoms with Crippen LogP contribution in [0.2, 0.25) is 0 Å². The number of piperazine rings is 1. The fourth-order valence-corrected chi connectivity index (χ4v) is 8.23. The molecule has 234 valence electrons. The molecule has 2 amide bonds. The normalized spacial score (nSPS) is 23.1. The molecule has 6 rings (SSSR count). The minimum Gasteiger partial charge on any atom is -0.361 e. The SMILES string of the molecule is Cc1cc(C)cc(-c2[nH]cc(CCC(C)(C)C(=O)N3C4CCC3CC4)c2CCN2CCN(CC(=O)N3CCCC3)CC2)c1. The van der Waals surface area contributed by atoms with Gasteiger partial charge >= 0.3 is 0 Å². The van der Waals surface area contributed by atoms with Crippen LogP contribution in [0.4, 0.5) is 0 Å². The van der Waals surface area contributed by atoms with Crippen molar-refractivity contribution in [2.45, 2.75) is 97.6 Å². The van der Waals surface area contributed by atoms with Crippen molar-refractivity contribution in [1.82, 2.24) is 24.6 Å². The van der Waals surface area contributed by atoms with Crippen LogP contribution in [0.25, 0.3) is 11.3 Å². The molecule has 1 aromatic heterocycles. The van der Waals surface area contributed by atoms with Crippen molar-refractivity contribution >= 4 is 11.8 Å². The van der Waals surface area contributed by atoms with E-state index in [9.17, 15) is 9.59 Å². The maximum absolute atomic E-state index is 13.7. The number of hydrogen-bond acceptors (Lipinski definition) is 4. The molecule has 4 aliphatic rings. The molecule has 0 radical (unpaired) electrons. The van der Waals surface area contributed by atoms with Gasteiger partial charge in [0.05, 0.1) is 6.54 Å². The van der Waals surface area contributed by atoms with Crippen molar-refractivity contribution in [3.05, 3.63) is 46.6 Å². The number of hydrogen-bond donors (Lipinski definition) is 1. The van der Waals surface area contributed by atoms with Crippen LogP contribution >= 0.6 is 0 Å². The number of aryl methyl sites for hydroxylation is 3. The molecule has 4 fully saturated rings. The number of H-pyrrole nitrogens is 1. The zero-order chi connectivity index (χ0) is 30.1. The Labute approximate surface area is 259 Å². The van der Waals surface area contributed by atoms with E-state index in [-0.39, 0.29) is 5.41 Å². The lowest BCUT2D eigenvalue weighted by molar-refractivity contribution is -0.142. The first-order valence-corrected chi connectivity index (χ1v) is 17.0. The van der Waals surface area contributed by atoms with Crippen molar-refractivity contribution in [3.8, 4) is 11.3 Å². The molecule has 1 N–H and O–H groups in total. The number of benzene rings is 1. The number of nitrogens with one attached hydrogen (secondary N) is 1. The summed E-state index contributed by atoms with van der Waals surface area (Å²) in [7, 11) is 0. The molecular weight excluding hydrogens is 534 g/mol. The number of aromatic amines is 1. The van der Waals surface area contributed by atoms with Crippen molar-refractivity contribution in [2.24, 2.45) is 5.41 Å². The fourth-order valence-electron chi connectivity index (χ4n) is 8.23. The topological polar surface area (TPSA) is 62.9 Å². The Morgan fingerprint density at radius 2 is 1.44 bits per heavy atom. The van der Waals surface area contributed by atoms with Crippen LogP contribution in [0.1, 0.15) is 81.0 Å². The van der Waals surface area contributed by atoms with E-state index in [2.05, 4.69) is 71.8 Å². The highest BCUT2D eigenvalue weighted by Gasteiger charge is 2.46. The summed E-state index contributed by atoms with van der Waals surface area (Å²) in [4.78, 5) is 39.3. The highest BCUT2D eigenvalue weighted by molar-refractivity contribution is 5.83. The first-order chi connectivity index (χ1) is 20.7. The van der Waals surface area contributed by atoms with E-state index in [0.717, 1.165) is 77.9 Å². The molecule has 0 saturated carbocycles. The van der Waals surface area contributed by atoms with Gasteiger partial charge in [0.15, 0.2) is 0 Å². The maximum Gasteiger partial charge on any atom is 0.236 e. The summed E-state index contributed by atoms with van der Waals surface area (Å²) in [6.45, 7) is 16.1. The van der Waals surface area contributed by atoms with Crippen LogP contribution in [0.15, 0.2) is 24.4 Å². The zero-order valence-corrected chi connectivity index (χ0v) is 27.1. The van der Waals surface area contributed by atoms with E-state index in [0.29, 0.717) is 30.4 Å². The zero-order valence-electron chi connectivity index (χ0n) is 27.1. The van der Waals surface area contributed by atoms with E-state index >= 15 is 0 Å². The standard InChI is InChI=1S/C36H53N5O2/c1-26-21-27(2)23-29(22-26)34-32(12-16-38-17-19-39(20-18-38)25-33(42)40-14-5-6-15-40)28(24-37-34)11-13-36(3,4)35(43)41-30-7-8-31(41)10-9-30/h21-24,30-31,37H,5-20,25H2,1-4H3. The largest absolute Gasteiger partial charge is 0.361 e. The molecule has 43 heavy (non-hydrogen) atoms. The second-order valence-corrected chi connectivity index (χ2v) is 14.6. The van der Waals surface area contributed by atoms with Gasteiger partial charge in [0.2, 0.25) is 11.8 Å². The quantitative estimate of drug-likeness (QED) is 0.416. The molecule has 0 spiro atoms.